The molecule has 0 aromatic heterocycles. The van der Waals surface area contributed by atoms with E-state index in [4.69, 9.17) is 15.2 Å². The molecule has 0 radical (unpaired) electrons. The molecule has 5 nitrogen and oxygen atoms in total. The number of rotatable bonds is 9. The molecule has 1 aliphatic rings. The van der Waals surface area contributed by atoms with Crippen molar-refractivity contribution in [3.63, 3.8) is 0 Å². The van der Waals surface area contributed by atoms with Gasteiger partial charge in [0, 0.05) is 25.7 Å². The molecule has 0 aromatic rings. The zero-order valence-corrected chi connectivity index (χ0v) is 11.3. The number of amides is 1. The second-order valence-corrected chi connectivity index (χ2v) is 4.83. The highest BCUT2D eigenvalue weighted by Crippen LogP contribution is 2.11. The van der Waals surface area contributed by atoms with Gasteiger partial charge in [0.05, 0.1) is 12.7 Å². The summed E-state index contributed by atoms with van der Waals surface area (Å²) >= 11 is 0. The fraction of sp³-hybridized carbons (Fsp3) is 0.923. The van der Waals surface area contributed by atoms with Crippen LogP contribution in [0, 0.1) is 5.92 Å². The largest absolute Gasteiger partial charge is 0.379 e. The molecule has 1 saturated heterocycles. The molecule has 2 unspecified atom stereocenters. The first kappa shape index (κ1) is 15.4. The summed E-state index contributed by atoms with van der Waals surface area (Å²) in [5.74, 6) is 0.0855. The van der Waals surface area contributed by atoms with E-state index in [2.05, 4.69) is 5.32 Å². The molecular formula is C13H26N2O3. The summed E-state index contributed by atoms with van der Waals surface area (Å²) in [5.41, 5.74) is 5.41. The zero-order chi connectivity index (χ0) is 13.2. The van der Waals surface area contributed by atoms with Crippen LogP contribution in [0.2, 0.25) is 0 Å². The lowest BCUT2D eigenvalue weighted by Crippen LogP contribution is -2.31. The Kier molecular flexibility index (Phi) is 7.96. The molecule has 0 aromatic carbocycles. The van der Waals surface area contributed by atoms with Crippen molar-refractivity contribution in [2.75, 3.05) is 32.9 Å². The lowest BCUT2D eigenvalue weighted by atomic mass is 10.1. The van der Waals surface area contributed by atoms with Crippen LogP contribution in [-0.2, 0) is 14.3 Å². The van der Waals surface area contributed by atoms with Crippen LogP contribution >= 0.6 is 0 Å². The fourth-order valence-corrected chi connectivity index (χ4v) is 1.93. The molecule has 1 rings (SSSR count). The van der Waals surface area contributed by atoms with Crippen LogP contribution in [0.4, 0.5) is 0 Å². The summed E-state index contributed by atoms with van der Waals surface area (Å²) < 4.78 is 11.0. The van der Waals surface area contributed by atoms with Crippen molar-refractivity contribution in [1.29, 1.82) is 0 Å². The van der Waals surface area contributed by atoms with Gasteiger partial charge in [0.2, 0.25) is 5.91 Å². The predicted molar refractivity (Wildman–Crippen MR) is 70.3 cm³/mol. The number of hydrogen-bond donors (Lipinski definition) is 2. The zero-order valence-electron chi connectivity index (χ0n) is 11.3. The van der Waals surface area contributed by atoms with Crippen molar-refractivity contribution in [2.45, 2.75) is 38.7 Å². The maximum absolute atomic E-state index is 11.5. The molecule has 106 valence electrons. The summed E-state index contributed by atoms with van der Waals surface area (Å²) in [6.07, 6.45) is 4.11. The van der Waals surface area contributed by atoms with Crippen LogP contribution in [0.25, 0.3) is 0 Å². The van der Waals surface area contributed by atoms with Crippen molar-refractivity contribution in [3.8, 4) is 0 Å². The van der Waals surface area contributed by atoms with E-state index >= 15 is 0 Å². The van der Waals surface area contributed by atoms with E-state index in [0.717, 1.165) is 32.3 Å². The minimum absolute atomic E-state index is 0.00260. The lowest BCUT2D eigenvalue weighted by molar-refractivity contribution is -0.124. The topological polar surface area (TPSA) is 73.6 Å². The van der Waals surface area contributed by atoms with Gasteiger partial charge >= 0.3 is 0 Å². The minimum Gasteiger partial charge on any atom is -0.379 e. The predicted octanol–water partition coefficient (Wildman–Crippen LogP) is 0.673. The van der Waals surface area contributed by atoms with Gasteiger partial charge in [-0.05, 0) is 32.2 Å². The van der Waals surface area contributed by atoms with E-state index in [0.29, 0.717) is 26.3 Å². The standard InChI is InChI=1S/C13H26N2O3/c1-11(5-6-14)13(16)15-7-3-8-17-10-12-4-2-9-18-12/h11-12H,2-10,14H2,1H3,(H,15,16). The monoisotopic (exact) mass is 258 g/mol. The van der Waals surface area contributed by atoms with E-state index in [1.807, 2.05) is 6.92 Å². The average molecular weight is 258 g/mol. The van der Waals surface area contributed by atoms with Crippen molar-refractivity contribution in [1.82, 2.24) is 5.32 Å². The number of nitrogens with one attached hydrogen (secondary N) is 1. The maximum atomic E-state index is 11.5. The number of carbonyl (C=O) groups is 1. The van der Waals surface area contributed by atoms with Crippen LogP contribution in [-0.4, -0.2) is 44.9 Å². The summed E-state index contributed by atoms with van der Waals surface area (Å²) in [6, 6.07) is 0. The number of ether oxygens (including phenoxy) is 2. The molecule has 0 aliphatic carbocycles. The summed E-state index contributed by atoms with van der Waals surface area (Å²) in [5, 5.41) is 2.89. The molecular weight excluding hydrogens is 232 g/mol. The van der Waals surface area contributed by atoms with E-state index in [9.17, 15) is 4.79 Å². The van der Waals surface area contributed by atoms with Gasteiger partial charge in [-0.1, -0.05) is 6.92 Å². The second kappa shape index (κ2) is 9.30. The molecule has 1 amide bonds. The molecule has 18 heavy (non-hydrogen) atoms. The molecule has 3 N–H and O–H groups in total. The lowest BCUT2D eigenvalue weighted by Gasteiger charge is -2.12. The second-order valence-electron chi connectivity index (χ2n) is 4.83. The maximum Gasteiger partial charge on any atom is 0.222 e. The third-order valence-electron chi connectivity index (χ3n) is 3.14. The van der Waals surface area contributed by atoms with E-state index in [-0.39, 0.29) is 17.9 Å². The van der Waals surface area contributed by atoms with Crippen molar-refractivity contribution in [2.24, 2.45) is 11.7 Å². The highest BCUT2D eigenvalue weighted by molar-refractivity contribution is 5.78. The Morgan fingerprint density at radius 3 is 3.11 bits per heavy atom. The highest BCUT2D eigenvalue weighted by atomic mass is 16.5. The van der Waals surface area contributed by atoms with Crippen molar-refractivity contribution in [3.05, 3.63) is 0 Å². The first-order valence-corrected chi connectivity index (χ1v) is 6.91. The fourth-order valence-electron chi connectivity index (χ4n) is 1.93. The molecule has 5 heteroatoms. The quantitative estimate of drug-likeness (QED) is 0.596. The van der Waals surface area contributed by atoms with Gasteiger partial charge in [0.1, 0.15) is 0 Å². The first-order chi connectivity index (χ1) is 8.74. The number of hydrogen-bond acceptors (Lipinski definition) is 4. The van der Waals surface area contributed by atoms with Gasteiger partial charge < -0.3 is 20.5 Å². The Bertz CT molecular complexity index is 230. The van der Waals surface area contributed by atoms with Gasteiger partial charge in [-0.25, -0.2) is 0 Å². The minimum atomic E-state index is 0.00260. The average Bonchev–Trinajstić information content (AvgIpc) is 2.86. The van der Waals surface area contributed by atoms with Gasteiger partial charge in [-0.15, -0.1) is 0 Å². The van der Waals surface area contributed by atoms with Crippen LogP contribution in [0.1, 0.15) is 32.6 Å². The van der Waals surface area contributed by atoms with Crippen LogP contribution < -0.4 is 11.1 Å². The van der Waals surface area contributed by atoms with Gasteiger partial charge in [0.25, 0.3) is 0 Å². The Labute approximate surface area is 109 Å². The van der Waals surface area contributed by atoms with Crippen molar-refractivity contribution >= 4 is 5.91 Å². The molecule has 0 spiro atoms. The molecule has 1 heterocycles. The van der Waals surface area contributed by atoms with Gasteiger partial charge in [0.15, 0.2) is 0 Å². The van der Waals surface area contributed by atoms with Crippen molar-refractivity contribution < 1.29 is 14.3 Å². The molecule has 1 fully saturated rings. The third kappa shape index (κ3) is 6.33. The molecule has 0 bridgehead atoms. The molecule has 0 saturated carbocycles. The summed E-state index contributed by atoms with van der Waals surface area (Å²) in [7, 11) is 0. The van der Waals surface area contributed by atoms with Gasteiger partial charge in [-0.2, -0.15) is 0 Å². The first-order valence-electron chi connectivity index (χ1n) is 6.91. The van der Waals surface area contributed by atoms with E-state index in [1.165, 1.54) is 0 Å². The Hall–Kier alpha value is -0.650. The molecule has 2 atom stereocenters. The van der Waals surface area contributed by atoms with Crippen LogP contribution in [0.5, 0.6) is 0 Å². The number of carbonyl (C=O) groups excluding carboxylic acids is 1. The summed E-state index contributed by atoms with van der Waals surface area (Å²) in [4.78, 5) is 11.5. The normalized spacial score (nSPS) is 20.9. The molecule has 1 aliphatic heterocycles. The Morgan fingerprint density at radius 1 is 1.61 bits per heavy atom. The third-order valence-corrected chi connectivity index (χ3v) is 3.14. The Morgan fingerprint density at radius 2 is 2.44 bits per heavy atom. The summed E-state index contributed by atoms with van der Waals surface area (Å²) in [6.45, 7) is 5.33. The SMILES string of the molecule is CC(CCN)C(=O)NCCCOCC1CCCO1. The van der Waals surface area contributed by atoms with E-state index in [1.54, 1.807) is 0 Å². The van der Waals surface area contributed by atoms with Crippen LogP contribution in [0.15, 0.2) is 0 Å². The van der Waals surface area contributed by atoms with E-state index < -0.39 is 0 Å². The van der Waals surface area contributed by atoms with Crippen LogP contribution in [0.3, 0.4) is 0 Å². The highest BCUT2D eigenvalue weighted by Gasteiger charge is 2.15. The smallest absolute Gasteiger partial charge is 0.222 e. The van der Waals surface area contributed by atoms with Gasteiger partial charge in [-0.3, -0.25) is 4.79 Å². The Balaban J connectivity index is 1.89. The number of nitrogens with two attached hydrogens (primary N) is 1.